The van der Waals surface area contributed by atoms with Crippen LogP contribution < -0.4 is 33.2 Å². The second-order valence-electron chi connectivity index (χ2n) is 9.96. The SMILES string of the molecule is CC(C)CC(N)C(=O)NC(CCCCN)C(=O)NC(CCCCN)C(=O)NC(CC(C)C)C(=O)O. The number of carbonyl (C=O) groups excluding carboxylic acids is 3. The molecule has 0 saturated carbocycles. The van der Waals surface area contributed by atoms with E-state index in [1.165, 1.54) is 0 Å². The summed E-state index contributed by atoms with van der Waals surface area (Å²) in [6.07, 6.45) is 3.86. The molecule has 0 fully saturated rings. The van der Waals surface area contributed by atoms with Crippen LogP contribution in [0, 0.1) is 11.8 Å². The fourth-order valence-electron chi connectivity index (χ4n) is 3.65. The van der Waals surface area contributed by atoms with Crippen LogP contribution in [0.15, 0.2) is 0 Å². The van der Waals surface area contributed by atoms with Crippen molar-refractivity contribution in [3.63, 3.8) is 0 Å². The third-order valence-electron chi connectivity index (χ3n) is 5.54. The second kappa shape index (κ2) is 18.1. The van der Waals surface area contributed by atoms with Gasteiger partial charge in [0, 0.05) is 0 Å². The van der Waals surface area contributed by atoms with E-state index >= 15 is 0 Å². The molecule has 0 spiro atoms. The predicted molar refractivity (Wildman–Crippen MR) is 136 cm³/mol. The Bertz CT molecular complexity index is 658. The number of carbonyl (C=O) groups is 4. The predicted octanol–water partition coefficient (Wildman–Crippen LogP) is 0.203. The highest BCUT2D eigenvalue weighted by molar-refractivity contribution is 5.94. The molecule has 0 aromatic heterocycles. The average Bonchev–Trinajstić information content (AvgIpc) is 2.76. The lowest BCUT2D eigenvalue weighted by atomic mass is 10.0. The van der Waals surface area contributed by atoms with Gasteiger partial charge in [-0.25, -0.2) is 4.79 Å². The van der Waals surface area contributed by atoms with Crippen LogP contribution in [-0.4, -0.2) is 66.1 Å². The van der Waals surface area contributed by atoms with Gasteiger partial charge in [-0.05, 0) is 76.3 Å². The number of rotatable bonds is 19. The molecular formula is C24H48N6O5. The fraction of sp³-hybridized carbons (Fsp3) is 0.833. The maximum atomic E-state index is 13.1. The van der Waals surface area contributed by atoms with Crippen molar-refractivity contribution >= 4 is 23.7 Å². The maximum Gasteiger partial charge on any atom is 0.326 e. The molecule has 0 bridgehead atoms. The van der Waals surface area contributed by atoms with E-state index in [0.717, 1.165) is 0 Å². The summed E-state index contributed by atoms with van der Waals surface area (Å²) >= 11 is 0. The van der Waals surface area contributed by atoms with E-state index in [1.807, 2.05) is 27.7 Å². The molecule has 0 rings (SSSR count). The van der Waals surface area contributed by atoms with Crippen LogP contribution in [0.4, 0.5) is 0 Å². The largest absolute Gasteiger partial charge is 0.480 e. The molecule has 0 aliphatic carbocycles. The minimum Gasteiger partial charge on any atom is -0.480 e. The Balaban J connectivity index is 5.51. The summed E-state index contributed by atoms with van der Waals surface area (Å²) in [6, 6.07) is -3.66. The molecule has 35 heavy (non-hydrogen) atoms. The van der Waals surface area contributed by atoms with Crippen LogP contribution >= 0.6 is 0 Å². The van der Waals surface area contributed by atoms with E-state index in [9.17, 15) is 24.3 Å². The topological polar surface area (TPSA) is 203 Å². The van der Waals surface area contributed by atoms with Crippen molar-refractivity contribution in [3.05, 3.63) is 0 Å². The zero-order valence-corrected chi connectivity index (χ0v) is 21.8. The molecule has 4 atom stereocenters. The van der Waals surface area contributed by atoms with Crippen LogP contribution in [0.1, 0.15) is 79.1 Å². The molecule has 0 saturated heterocycles. The Morgan fingerprint density at radius 1 is 0.657 bits per heavy atom. The zero-order valence-electron chi connectivity index (χ0n) is 21.8. The summed E-state index contributed by atoms with van der Waals surface area (Å²) in [5.41, 5.74) is 17.1. The molecule has 0 aliphatic heterocycles. The number of unbranched alkanes of at least 4 members (excludes halogenated alkanes) is 2. The van der Waals surface area contributed by atoms with Crippen molar-refractivity contribution < 1.29 is 24.3 Å². The molecule has 0 aromatic rings. The van der Waals surface area contributed by atoms with Gasteiger partial charge in [0.25, 0.3) is 0 Å². The number of hydrogen-bond acceptors (Lipinski definition) is 7. The normalized spacial score (nSPS) is 14.8. The highest BCUT2D eigenvalue weighted by Crippen LogP contribution is 2.09. The van der Waals surface area contributed by atoms with Crippen molar-refractivity contribution in [3.8, 4) is 0 Å². The van der Waals surface area contributed by atoms with Crippen LogP contribution in [0.2, 0.25) is 0 Å². The summed E-state index contributed by atoms with van der Waals surface area (Å²) in [4.78, 5) is 50.3. The van der Waals surface area contributed by atoms with Crippen LogP contribution in [-0.2, 0) is 19.2 Å². The monoisotopic (exact) mass is 500 g/mol. The summed E-state index contributed by atoms with van der Waals surface area (Å²) in [5, 5.41) is 17.5. The van der Waals surface area contributed by atoms with Gasteiger partial charge in [-0.15, -0.1) is 0 Å². The van der Waals surface area contributed by atoms with Gasteiger partial charge in [-0.2, -0.15) is 0 Å². The first-order valence-corrected chi connectivity index (χ1v) is 12.7. The number of aliphatic carboxylic acids is 1. The maximum absolute atomic E-state index is 13.1. The minimum absolute atomic E-state index is 0.0545. The van der Waals surface area contributed by atoms with Gasteiger partial charge >= 0.3 is 5.97 Å². The van der Waals surface area contributed by atoms with Crippen LogP contribution in [0.5, 0.6) is 0 Å². The van der Waals surface area contributed by atoms with E-state index in [1.54, 1.807) is 0 Å². The van der Waals surface area contributed by atoms with Crippen molar-refractivity contribution in [1.82, 2.24) is 16.0 Å². The Hall–Kier alpha value is -2.24. The molecule has 0 aromatic carbocycles. The molecule has 4 unspecified atom stereocenters. The Kier molecular flexibility index (Phi) is 16.9. The molecule has 0 aliphatic rings. The standard InChI is InChI=1S/C24H48N6O5/c1-15(2)13-17(27)21(31)28-18(9-5-7-11-25)22(32)29-19(10-6-8-12-26)23(33)30-20(24(34)35)14-16(3)4/h15-20H,5-14,25-27H2,1-4H3,(H,28,31)(H,29,32)(H,30,33)(H,34,35). The highest BCUT2D eigenvalue weighted by atomic mass is 16.4. The number of carboxylic acid groups (broad SMARTS) is 1. The average molecular weight is 501 g/mol. The van der Waals surface area contributed by atoms with Gasteiger partial charge in [0.1, 0.15) is 18.1 Å². The lowest BCUT2D eigenvalue weighted by molar-refractivity contribution is -0.142. The summed E-state index contributed by atoms with van der Waals surface area (Å²) in [7, 11) is 0. The number of nitrogens with two attached hydrogens (primary N) is 3. The lowest BCUT2D eigenvalue weighted by Gasteiger charge is -2.26. The van der Waals surface area contributed by atoms with Gasteiger partial charge in [0.15, 0.2) is 0 Å². The third-order valence-corrected chi connectivity index (χ3v) is 5.54. The lowest BCUT2D eigenvalue weighted by Crippen LogP contribution is -2.57. The van der Waals surface area contributed by atoms with Crippen molar-refractivity contribution in [2.24, 2.45) is 29.0 Å². The van der Waals surface area contributed by atoms with E-state index in [4.69, 9.17) is 17.2 Å². The fourth-order valence-corrected chi connectivity index (χ4v) is 3.65. The quantitative estimate of drug-likeness (QED) is 0.122. The third kappa shape index (κ3) is 14.7. The summed E-state index contributed by atoms with van der Waals surface area (Å²) < 4.78 is 0. The van der Waals surface area contributed by atoms with E-state index < -0.39 is 47.9 Å². The number of nitrogens with one attached hydrogen (secondary N) is 3. The number of amides is 3. The molecular weight excluding hydrogens is 452 g/mol. The van der Waals surface area contributed by atoms with E-state index in [2.05, 4.69) is 16.0 Å². The molecule has 10 N–H and O–H groups in total. The van der Waals surface area contributed by atoms with Crippen molar-refractivity contribution in [1.29, 1.82) is 0 Å². The van der Waals surface area contributed by atoms with Gasteiger partial charge in [-0.1, -0.05) is 27.7 Å². The molecule has 3 amide bonds. The van der Waals surface area contributed by atoms with Gasteiger partial charge in [0.05, 0.1) is 6.04 Å². The second-order valence-corrected chi connectivity index (χ2v) is 9.96. The summed E-state index contributed by atoms with van der Waals surface area (Å²) in [6.45, 7) is 8.51. The zero-order chi connectivity index (χ0) is 27.0. The minimum atomic E-state index is -1.13. The Labute approximate surface area is 209 Å². The summed E-state index contributed by atoms with van der Waals surface area (Å²) in [5.74, 6) is -2.39. The Morgan fingerprint density at radius 2 is 1.06 bits per heavy atom. The van der Waals surface area contributed by atoms with Crippen molar-refractivity contribution in [2.45, 2.75) is 103 Å². The number of hydrogen-bond donors (Lipinski definition) is 7. The van der Waals surface area contributed by atoms with E-state index in [0.29, 0.717) is 58.0 Å². The van der Waals surface area contributed by atoms with Crippen LogP contribution in [0.25, 0.3) is 0 Å². The molecule has 11 nitrogen and oxygen atoms in total. The van der Waals surface area contributed by atoms with Gasteiger partial charge < -0.3 is 38.3 Å². The molecule has 11 heteroatoms. The van der Waals surface area contributed by atoms with E-state index in [-0.39, 0.29) is 18.3 Å². The highest BCUT2D eigenvalue weighted by Gasteiger charge is 2.30. The number of carboxylic acids is 1. The first-order valence-electron chi connectivity index (χ1n) is 12.7. The van der Waals surface area contributed by atoms with Gasteiger partial charge in [-0.3, -0.25) is 14.4 Å². The first kappa shape index (κ1) is 32.8. The van der Waals surface area contributed by atoms with Crippen molar-refractivity contribution in [2.75, 3.05) is 13.1 Å². The Morgan fingerprint density at radius 3 is 1.43 bits per heavy atom. The molecule has 0 radical (unpaired) electrons. The smallest absolute Gasteiger partial charge is 0.326 e. The molecule has 204 valence electrons. The first-order chi connectivity index (χ1) is 16.4. The van der Waals surface area contributed by atoms with Gasteiger partial charge in [0.2, 0.25) is 17.7 Å². The van der Waals surface area contributed by atoms with Crippen LogP contribution in [0.3, 0.4) is 0 Å². The molecule has 0 heterocycles.